The van der Waals surface area contributed by atoms with Crippen molar-refractivity contribution >= 4 is 43.2 Å². The van der Waals surface area contributed by atoms with Crippen LogP contribution < -0.4 is 4.72 Å². The van der Waals surface area contributed by atoms with E-state index in [0.29, 0.717) is 22.3 Å². The Kier molecular flexibility index (Phi) is 3.50. The average molecular weight is 338 g/mol. The van der Waals surface area contributed by atoms with Crippen molar-refractivity contribution in [1.82, 2.24) is 9.53 Å². The zero-order valence-corrected chi connectivity index (χ0v) is 11.9. The highest BCUT2D eigenvalue weighted by Gasteiger charge is 2.22. The summed E-state index contributed by atoms with van der Waals surface area (Å²) in [5.41, 5.74) is 0.354. The van der Waals surface area contributed by atoms with E-state index < -0.39 is 10.0 Å². The molecule has 1 N–H and O–H groups in total. The van der Waals surface area contributed by atoms with Crippen LogP contribution in [0.2, 0.25) is 0 Å². The second kappa shape index (κ2) is 4.75. The fraction of sp³-hybridized carbons (Fsp3) is 0.250. The van der Waals surface area contributed by atoms with E-state index in [0.717, 1.165) is 11.5 Å². The third-order valence-corrected chi connectivity index (χ3v) is 5.75. The molecule has 0 aliphatic carbocycles. The number of nitrogens with one attached hydrogen (secondary N) is 1. The summed E-state index contributed by atoms with van der Waals surface area (Å²) < 4.78 is 35.7. The highest BCUT2D eigenvalue weighted by atomic mass is 79.9. The van der Waals surface area contributed by atoms with E-state index in [1.54, 1.807) is 0 Å². The van der Waals surface area contributed by atoms with Gasteiger partial charge >= 0.3 is 0 Å². The zero-order valence-electron chi connectivity index (χ0n) is 8.68. The Balaban J connectivity index is 2.33. The first-order chi connectivity index (χ1) is 8.04. The molecule has 0 atom stereocenters. The molecular weight excluding hydrogens is 330 g/mol. The van der Waals surface area contributed by atoms with Gasteiger partial charge in [0.05, 0.1) is 16.9 Å². The summed E-state index contributed by atoms with van der Waals surface area (Å²) in [6.45, 7) is 1.85. The molecule has 0 radical (unpaired) electrons. The summed E-state index contributed by atoms with van der Waals surface area (Å²) in [5.74, 6) is 0.495. The third kappa shape index (κ3) is 2.50. The topological polar surface area (TPSA) is 85.1 Å². The maximum Gasteiger partial charge on any atom is 0.274 e. The van der Waals surface area contributed by atoms with Crippen LogP contribution in [0.15, 0.2) is 25.6 Å². The van der Waals surface area contributed by atoms with E-state index in [2.05, 4.69) is 30.2 Å². The number of anilines is 1. The van der Waals surface area contributed by atoms with Gasteiger partial charge in [0, 0.05) is 6.42 Å². The fourth-order valence-electron chi connectivity index (χ4n) is 1.19. The van der Waals surface area contributed by atoms with Gasteiger partial charge in [-0.15, -0.1) is 0 Å². The highest BCUT2D eigenvalue weighted by Crippen LogP contribution is 2.28. The molecule has 0 spiro atoms. The molecule has 6 nitrogen and oxygen atoms in total. The molecule has 2 aromatic heterocycles. The summed E-state index contributed by atoms with van der Waals surface area (Å²) in [6.07, 6.45) is 3.33. The second-order valence-electron chi connectivity index (χ2n) is 3.08. The number of sulfonamides is 1. The quantitative estimate of drug-likeness (QED) is 0.924. The van der Waals surface area contributed by atoms with Crippen LogP contribution >= 0.6 is 27.5 Å². The lowest BCUT2D eigenvalue weighted by molar-refractivity contribution is 0.387. The molecule has 0 fully saturated rings. The minimum absolute atomic E-state index is 0.126. The Morgan fingerprint density at radius 3 is 2.88 bits per heavy atom. The van der Waals surface area contributed by atoms with Crippen molar-refractivity contribution in [3.05, 3.63) is 22.6 Å². The van der Waals surface area contributed by atoms with Gasteiger partial charge in [-0.3, -0.25) is 4.72 Å². The number of aryl methyl sites for hydroxylation is 1. The number of rotatable bonds is 4. The lowest BCUT2D eigenvalue weighted by atomic mass is 10.3. The SMILES string of the molecule is CCc1oncc1NS(=O)(=O)c1sncc1Br. The summed E-state index contributed by atoms with van der Waals surface area (Å²) in [7, 11) is -3.64. The van der Waals surface area contributed by atoms with Crippen LogP contribution in [0.4, 0.5) is 5.69 Å². The van der Waals surface area contributed by atoms with Crippen LogP contribution in [0.25, 0.3) is 0 Å². The van der Waals surface area contributed by atoms with Crippen molar-refractivity contribution in [2.45, 2.75) is 17.6 Å². The molecule has 2 rings (SSSR count). The monoisotopic (exact) mass is 337 g/mol. The van der Waals surface area contributed by atoms with Crippen molar-refractivity contribution in [2.24, 2.45) is 0 Å². The number of aromatic nitrogens is 2. The molecular formula is C8H8BrN3O3S2. The molecule has 2 aromatic rings. The van der Waals surface area contributed by atoms with Crippen LogP contribution in [-0.4, -0.2) is 17.9 Å². The minimum Gasteiger partial charge on any atom is -0.359 e. The second-order valence-corrected chi connectivity index (χ2v) is 6.62. The Morgan fingerprint density at radius 1 is 1.53 bits per heavy atom. The molecule has 0 aliphatic rings. The van der Waals surface area contributed by atoms with Crippen molar-refractivity contribution in [2.75, 3.05) is 4.72 Å². The predicted octanol–water partition coefficient (Wildman–Crippen LogP) is 2.26. The first-order valence-electron chi connectivity index (χ1n) is 4.61. The number of hydrogen-bond donors (Lipinski definition) is 1. The van der Waals surface area contributed by atoms with Crippen molar-refractivity contribution < 1.29 is 12.9 Å². The molecule has 0 unspecified atom stereocenters. The van der Waals surface area contributed by atoms with E-state index in [-0.39, 0.29) is 4.21 Å². The molecule has 2 heterocycles. The van der Waals surface area contributed by atoms with E-state index in [9.17, 15) is 8.42 Å². The van der Waals surface area contributed by atoms with Gasteiger partial charge in [-0.25, -0.2) is 8.42 Å². The molecule has 92 valence electrons. The summed E-state index contributed by atoms with van der Waals surface area (Å²) >= 11 is 4.02. The Labute approximate surface area is 110 Å². The van der Waals surface area contributed by atoms with Gasteiger partial charge in [0.15, 0.2) is 9.97 Å². The number of nitrogens with zero attached hydrogens (tertiary/aromatic N) is 2. The highest BCUT2D eigenvalue weighted by molar-refractivity contribution is 9.10. The lowest BCUT2D eigenvalue weighted by Crippen LogP contribution is -2.12. The molecule has 0 saturated carbocycles. The van der Waals surface area contributed by atoms with Gasteiger partial charge in [-0.1, -0.05) is 12.1 Å². The maximum atomic E-state index is 12.0. The number of hydrogen-bond acceptors (Lipinski definition) is 6. The van der Waals surface area contributed by atoms with Crippen LogP contribution in [0.1, 0.15) is 12.7 Å². The van der Waals surface area contributed by atoms with Crippen molar-refractivity contribution in [3.63, 3.8) is 0 Å². The average Bonchev–Trinajstić information content (AvgIpc) is 2.86. The fourth-order valence-corrected chi connectivity index (χ4v) is 4.18. The van der Waals surface area contributed by atoms with E-state index in [4.69, 9.17) is 4.52 Å². The van der Waals surface area contributed by atoms with Crippen molar-refractivity contribution in [1.29, 1.82) is 0 Å². The third-order valence-electron chi connectivity index (χ3n) is 1.95. The number of halogens is 1. The molecule has 0 amide bonds. The summed E-state index contributed by atoms with van der Waals surface area (Å²) in [4.78, 5) is 0. The predicted molar refractivity (Wildman–Crippen MR) is 66.5 cm³/mol. The maximum absolute atomic E-state index is 12.0. The van der Waals surface area contributed by atoms with Crippen LogP contribution in [0.5, 0.6) is 0 Å². The van der Waals surface area contributed by atoms with Gasteiger partial charge in [0.25, 0.3) is 10.0 Å². The van der Waals surface area contributed by atoms with Gasteiger partial charge in [0.2, 0.25) is 0 Å². The Morgan fingerprint density at radius 2 is 2.29 bits per heavy atom. The van der Waals surface area contributed by atoms with Gasteiger partial charge in [-0.2, -0.15) is 4.37 Å². The van der Waals surface area contributed by atoms with Crippen LogP contribution in [0.3, 0.4) is 0 Å². The normalized spacial score (nSPS) is 11.6. The molecule has 0 aliphatic heterocycles. The molecule has 0 aromatic carbocycles. The van der Waals surface area contributed by atoms with E-state index in [1.165, 1.54) is 12.4 Å². The van der Waals surface area contributed by atoms with E-state index in [1.807, 2.05) is 6.92 Å². The van der Waals surface area contributed by atoms with Crippen molar-refractivity contribution in [3.8, 4) is 0 Å². The molecule has 9 heteroatoms. The molecule has 0 bridgehead atoms. The van der Waals surface area contributed by atoms with Crippen LogP contribution in [-0.2, 0) is 16.4 Å². The Hall–Kier alpha value is -0.930. The van der Waals surface area contributed by atoms with E-state index >= 15 is 0 Å². The standard InChI is InChI=1S/C8H8BrN3O3S2/c1-2-7-6(4-10-15-7)12-17(13,14)8-5(9)3-11-16-8/h3-4,12H,2H2,1H3. The lowest BCUT2D eigenvalue weighted by Gasteiger charge is -2.04. The smallest absolute Gasteiger partial charge is 0.274 e. The molecule has 17 heavy (non-hydrogen) atoms. The minimum atomic E-state index is -3.64. The van der Waals surface area contributed by atoms with Crippen LogP contribution in [0, 0.1) is 0 Å². The van der Waals surface area contributed by atoms with Gasteiger partial charge < -0.3 is 4.52 Å². The van der Waals surface area contributed by atoms with Gasteiger partial charge in [0.1, 0.15) is 5.69 Å². The first-order valence-corrected chi connectivity index (χ1v) is 7.66. The van der Waals surface area contributed by atoms with Gasteiger partial charge in [-0.05, 0) is 27.5 Å². The summed E-state index contributed by atoms with van der Waals surface area (Å²) in [5, 5.41) is 3.55. The summed E-state index contributed by atoms with van der Waals surface area (Å²) in [6, 6.07) is 0. The molecule has 0 saturated heterocycles. The Bertz CT molecular complexity index is 620. The largest absolute Gasteiger partial charge is 0.359 e. The zero-order chi connectivity index (χ0) is 12.5. The first kappa shape index (κ1) is 12.5.